The third-order valence-corrected chi connectivity index (χ3v) is 10.6. The normalized spacial score (nSPS) is 25.3. The predicted molar refractivity (Wildman–Crippen MR) is 138 cm³/mol. The minimum absolute atomic E-state index is 0.0431. The van der Waals surface area contributed by atoms with Gasteiger partial charge in [-0.15, -0.1) is 0 Å². The number of sulfone groups is 1. The Balaban J connectivity index is 1.77. The molecule has 12 heteroatoms. The van der Waals surface area contributed by atoms with E-state index in [1.807, 2.05) is 7.05 Å². The minimum Gasteiger partial charge on any atom is -0.339 e. The maximum atomic E-state index is 13.4. The van der Waals surface area contributed by atoms with E-state index >= 15 is 0 Å². The molecule has 2 fully saturated rings. The number of rotatable bonds is 7. The number of hydrogen-bond acceptors (Lipinski definition) is 6. The monoisotopic (exact) mass is 560 g/mol. The Labute approximate surface area is 223 Å². The number of halogens is 3. The smallest absolute Gasteiger partial charge is 0.339 e. The molecule has 2 aliphatic rings. The zero-order valence-electron chi connectivity index (χ0n) is 22.9. The molecule has 1 aliphatic heterocycles. The number of pyridine rings is 1. The van der Waals surface area contributed by atoms with Gasteiger partial charge in [0.05, 0.1) is 10.5 Å². The topological polar surface area (TPSA) is 99.7 Å². The van der Waals surface area contributed by atoms with Crippen LogP contribution in [-0.2, 0) is 20.8 Å². The molecule has 1 aromatic rings. The van der Waals surface area contributed by atoms with Gasteiger partial charge in [-0.05, 0) is 85.4 Å². The lowest BCUT2D eigenvalue weighted by Crippen LogP contribution is -2.53. The van der Waals surface area contributed by atoms with Crippen LogP contribution in [-0.4, -0.2) is 83.3 Å². The number of aromatic nitrogens is 1. The molecule has 0 spiro atoms. The maximum Gasteiger partial charge on any atom is 0.433 e. The summed E-state index contributed by atoms with van der Waals surface area (Å²) in [6.45, 7) is 9.53. The average Bonchev–Trinajstić information content (AvgIpc) is 3.16. The molecule has 1 unspecified atom stereocenters. The molecule has 214 valence electrons. The molecular weight excluding hydrogens is 521 g/mol. The van der Waals surface area contributed by atoms with Crippen LogP contribution in [0.15, 0.2) is 18.2 Å². The van der Waals surface area contributed by atoms with Crippen LogP contribution in [0.4, 0.5) is 13.2 Å². The van der Waals surface area contributed by atoms with Gasteiger partial charge in [0.1, 0.15) is 17.4 Å². The molecule has 1 aromatic heterocycles. The Kier molecular flexibility index (Phi) is 8.87. The van der Waals surface area contributed by atoms with Crippen LogP contribution >= 0.6 is 0 Å². The number of nitrogens with one attached hydrogen (secondary N) is 1. The van der Waals surface area contributed by atoms with Crippen molar-refractivity contribution >= 4 is 21.7 Å². The predicted octanol–water partition coefficient (Wildman–Crippen LogP) is 3.52. The van der Waals surface area contributed by atoms with Crippen LogP contribution in [0.3, 0.4) is 0 Å². The lowest BCUT2D eigenvalue weighted by atomic mass is 9.81. The van der Waals surface area contributed by atoms with E-state index in [2.05, 4.69) is 29.0 Å². The molecule has 2 amide bonds. The Morgan fingerprint density at radius 1 is 1.18 bits per heavy atom. The third kappa shape index (κ3) is 6.67. The fourth-order valence-electron chi connectivity index (χ4n) is 5.25. The summed E-state index contributed by atoms with van der Waals surface area (Å²) in [6.07, 6.45) is -2.34. The molecule has 2 heterocycles. The molecule has 0 bridgehead atoms. The van der Waals surface area contributed by atoms with Crippen molar-refractivity contribution in [3.05, 3.63) is 29.6 Å². The molecule has 0 radical (unpaired) electrons. The van der Waals surface area contributed by atoms with E-state index in [-0.39, 0.29) is 42.1 Å². The van der Waals surface area contributed by atoms with E-state index < -0.39 is 44.1 Å². The number of carbonyl (C=O) groups is 2. The van der Waals surface area contributed by atoms with Crippen LogP contribution in [0.1, 0.15) is 76.5 Å². The largest absolute Gasteiger partial charge is 0.433 e. The van der Waals surface area contributed by atoms with Crippen LogP contribution in [0.2, 0.25) is 0 Å². The van der Waals surface area contributed by atoms with E-state index in [4.69, 9.17) is 0 Å². The number of carbonyl (C=O) groups excluding carboxylic acids is 2. The molecule has 3 rings (SSSR count). The fourth-order valence-corrected chi connectivity index (χ4v) is 6.67. The van der Waals surface area contributed by atoms with Gasteiger partial charge in [0, 0.05) is 24.7 Å². The van der Waals surface area contributed by atoms with Gasteiger partial charge in [0.25, 0.3) is 5.91 Å². The summed E-state index contributed by atoms with van der Waals surface area (Å²) in [6, 6.07) is 2.31. The average molecular weight is 561 g/mol. The molecule has 0 aromatic carbocycles. The van der Waals surface area contributed by atoms with Crippen molar-refractivity contribution in [2.45, 2.75) is 95.4 Å². The summed E-state index contributed by atoms with van der Waals surface area (Å²) in [5.74, 6) is -1.52. The summed E-state index contributed by atoms with van der Waals surface area (Å²) in [5, 5.41) is 2.54. The first-order valence-corrected chi connectivity index (χ1v) is 14.7. The lowest BCUT2D eigenvalue weighted by Gasteiger charge is -2.45. The second kappa shape index (κ2) is 11.1. The van der Waals surface area contributed by atoms with E-state index in [9.17, 15) is 31.2 Å². The number of nitrogens with zero attached hydrogens (tertiary/aromatic N) is 3. The van der Waals surface area contributed by atoms with Gasteiger partial charge in [-0.1, -0.05) is 6.07 Å². The first-order valence-electron chi connectivity index (χ1n) is 13.0. The number of likely N-dealkylation sites (tertiary alicyclic amines) is 1. The van der Waals surface area contributed by atoms with Crippen molar-refractivity contribution < 1.29 is 31.2 Å². The van der Waals surface area contributed by atoms with E-state index in [0.29, 0.717) is 19.4 Å². The molecule has 1 saturated heterocycles. The Hall–Kier alpha value is -2.21. The summed E-state index contributed by atoms with van der Waals surface area (Å²) in [5.41, 5.74) is -1.60. The molecule has 1 N–H and O–H groups in total. The van der Waals surface area contributed by atoms with Gasteiger partial charge in [-0.2, -0.15) is 13.2 Å². The number of alkyl halides is 3. The van der Waals surface area contributed by atoms with Crippen molar-refractivity contribution in [1.82, 2.24) is 20.1 Å². The summed E-state index contributed by atoms with van der Waals surface area (Å²) < 4.78 is 64.4. The van der Waals surface area contributed by atoms with Crippen molar-refractivity contribution in [2.24, 2.45) is 5.92 Å². The summed E-state index contributed by atoms with van der Waals surface area (Å²) >= 11 is 0. The highest BCUT2D eigenvalue weighted by Crippen LogP contribution is 2.36. The highest BCUT2D eigenvalue weighted by molar-refractivity contribution is 7.92. The third-order valence-electron chi connectivity index (χ3n) is 7.89. The van der Waals surface area contributed by atoms with Crippen LogP contribution in [0.5, 0.6) is 0 Å². The van der Waals surface area contributed by atoms with Gasteiger partial charge < -0.3 is 15.1 Å². The molecular formula is C26H39F3N4O4S. The van der Waals surface area contributed by atoms with Crippen LogP contribution in [0, 0.1) is 5.92 Å². The van der Waals surface area contributed by atoms with Crippen LogP contribution < -0.4 is 5.32 Å². The molecule has 1 aliphatic carbocycles. The summed E-state index contributed by atoms with van der Waals surface area (Å²) in [4.78, 5) is 33.3. The van der Waals surface area contributed by atoms with E-state index in [0.717, 1.165) is 18.6 Å². The van der Waals surface area contributed by atoms with E-state index in [1.165, 1.54) is 6.07 Å². The van der Waals surface area contributed by atoms with Crippen molar-refractivity contribution in [1.29, 1.82) is 0 Å². The zero-order valence-corrected chi connectivity index (χ0v) is 23.7. The first kappa shape index (κ1) is 30.3. The van der Waals surface area contributed by atoms with Gasteiger partial charge in [0.2, 0.25) is 5.91 Å². The summed E-state index contributed by atoms with van der Waals surface area (Å²) in [7, 11) is -1.43. The molecule has 38 heavy (non-hydrogen) atoms. The zero-order chi connectivity index (χ0) is 28.6. The van der Waals surface area contributed by atoms with Gasteiger partial charge in [-0.25, -0.2) is 13.4 Å². The first-order chi connectivity index (χ1) is 17.4. The van der Waals surface area contributed by atoms with Gasteiger partial charge in [-0.3, -0.25) is 9.59 Å². The number of hydrogen-bond donors (Lipinski definition) is 1. The Bertz CT molecular complexity index is 1130. The van der Waals surface area contributed by atoms with Gasteiger partial charge >= 0.3 is 6.18 Å². The van der Waals surface area contributed by atoms with Crippen molar-refractivity contribution in [3.8, 4) is 0 Å². The minimum atomic E-state index is -4.69. The second-order valence-electron chi connectivity index (χ2n) is 11.7. The van der Waals surface area contributed by atoms with Crippen molar-refractivity contribution in [3.63, 3.8) is 0 Å². The van der Waals surface area contributed by atoms with Crippen LogP contribution in [0.25, 0.3) is 0 Å². The Morgan fingerprint density at radius 3 is 2.42 bits per heavy atom. The molecule has 4 atom stereocenters. The molecule has 1 saturated carbocycles. The quantitative estimate of drug-likeness (QED) is 0.548. The highest BCUT2D eigenvalue weighted by Gasteiger charge is 2.45. The second-order valence-corrected chi connectivity index (χ2v) is 14.5. The van der Waals surface area contributed by atoms with Crippen molar-refractivity contribution in [2.75, 3.05) is 19.3 Å². The van der Waals surface area contributed by atoms with Gasteiger partial charge in [0.15, 0.2) is 9.84 Å². The lowest BCUT2D eigenvalue weighted by molar-refractivity contribution is -0.141. The molecule has 8 nitrogen and oxygen atoms in total. The fraction of sp³-hybridized carbons (Fsp3) is 0.731. The standard InChI is InChI=1S/C26H39F3N4O4S/c1-16(2)32(6)18-10-11-21(17(14-18)15-38(36,37)25(3,4)5)33-13-12-20(24(33)35)31-23(34)19-8-7-9-22(30-19)26(27,28)29/h7-9,16-18,20-21H,10-15H2,1-6H3,(H,31,34)/t17-,18+,20?,21-/m0/s1. The van der Waals surface area contributed by atoms with E-state index in [1.54, 1.807) is 25.7 Å². The Morgan fingerprint density at radius 2 is 1.84 bits per heavy atom. The SMILES string of the molecule is CC(C)N(C)[C@@H]1CC[C@H](N2CCC(NC(=O)c3cccc(C(F)(F)F)n3)C2=O)[C@H](CS(=O)(=O)C(C)(C)C)C1. The maximum absolute atomic E-state index is 13.4. The number of amides is 2. The highest BCUT2D eigenvalue weighted by atomic mass is 32.2.